The highest BCUT2D eigenvalue weighted by Gasteiger charge is 2.41. The van der Waals surface area contributed by atoms with Gasteiger partial charge < -0.3 is 14.8 Å². The Morgan fingerprint density at radius 1 is 0.939 bits per heavy atom. The Kier molecular flexibility index (Phi) is 6.38. The van der Waals surface area contributed by atoms with E-state index in [1.165, 1.54) is 7.11 Å². The summed E-state index contributed by atoms with van der Waals surface area (Å²) >= 11 is 6.18. The molecule has 0 radical (unpaired) electrons. The van der Waals surface area contributed by atoms with E-state index in [9.17, 15) is 9.59 Å². The van der Waals surface area contributed by atoms with Gasteiger partial charge in [0, 0.05) is 10.7 Å². The van der Waals surface area contributed by atoms with Gasteiger partial charge in [-0.3, -0.25) is 9.59 Å². The molecule has 168 valence electrons. The van der Waals surface area contributed by atoms with Gasteiger partial charge in [0.15, 0.2) is 0 Å². The number of hydrogen-bond donors (Lipinski definition) is 1. The second-order valence-electron chi connectivity index (χ2n) is 7.46. The van der Waals surface area contributed by atoms with Crippen LogP contribution in [0.4, 0.5) is 11.4 Å². The summed E-state index contributed by atoms with van der Waals surface area (Å²) in [6.07, 6.45) is 0. The van der Waals surface area contributed by atoms with Gasteiger partial charge in [0.1, 0.15) is 17.2 Å². The Morgan fingerprint density at radius 3 is 2.27 bits per heavy atom. The summed E-state index contributed by atoms with van der Waals surface area (Å²) in [4.78, 5) is 28.3. The first kappa shape index (κ1) is 22.4. The molecular formula is C26H23ClN2O4. The molecule has 1 N–H and O–H groups in total. The fourth-order valence-electron chi connectivity index (χ4n) is 3.64. The molecule has 0 saturated heterocycles. The van der Waals surface area contributed by atoms with Crippen molar-refractivity contribution in [2.45, 2.75) is 13.8 Å². The van der Waals surface area contributed by atoms with Crippen LogP contribution in [0.1, 0.15) is 18.1 Å². The van der Waals surface area contributed by atoms with Gasteiger partial charge in [-0.25, -0.2) is 4.90 Å². The van der Waals surface area contributed by atoms with E-state index in [-0.39, 0.29) is 17.0 Å². The molecule has 3 aromatic rings. The normalized spacial score (nSPS) is 13.5. The lowest BCUT2D eigenvalue weighted by Crippen LogP contribution is -2.32. The zero-order valence-corrected chi connectivity index (χ0v) is 19.3. The van der Waals surface area contributed by atoms with Gasteiger partial charge in [0.05, 0.1) is 25.0 Å². The van der Waals surface area contributed by atoms with E-state index in [4.69, 9.17) is 21.1 Å². The number of nitrogens with zero attached hydrogens (tertiary/aromatic N) is 1. The Hall–Kier alpha value is -3.77. The molecule has 1 heterocycles. The van der Waals surface area contributed by atoms with Crippen molar-refractivity contribution in [2.24, 2.45) is 0 Å². The third-order valence-corrected chi connectivity index (χ3v) is 5.48. The largest absolute Gasteiger partial charge is 0.495 e. The van der Waals surface area contributed by atoms with Gasteiger partial charge >= 0.3 is 0 Å². The van der Waals surface area contributed by atoms with Crippen LogP contribution in [-0.4, -0.2) is 25.5 Å². The number of imide groups is 1. The SMILES string of the molecule is CCOc1ccc(NC2=C(c3ccc(C)cc3)C(=O)N(c3cc(Cl)ccc3OC)C2=O)cc1. The molecule has 6 nitrogen and oxygen atoms in total. The number of carbonyl (C=O) groups excluding carboxylic acids is 2. The van der Waals surface area contributed by atoms with Gasteiger partial charge in [0.25, 0.3) is 11.8 Å². The molecule has 7 heteroatoms. The predicted molar refractivity (Wildman–Crippen MR) is 130 cm³/mol. The number of aryl methyl sites for hydroxylation is 1. The van der Waals surface area contributed by atoms with Crippen LogP contribution in [0.5, 0.6) is 11.5 Å². The lowest BCUT2D eigenvalue weighted by Gasteiger charge is -2.18. The van der Waals surface area contributed by atoms with Crippen LogP contribution in [0.15, 0.2) is 72.4 Å². The molecular weight excluding hydrogens is 440 g/mol. The summed E-state index contributed by atoms with van der Waals surface area (Å²) in [6.45, 7) is 4.42. The number of anilines is 2. The number of methoxy groups -OCH3 is 1. The molecule has 1 aliphatic heterocycles. The minimum absolute atomic E-state index is 0.176. The van der Waals surface area contributed by atoms with E-state index >= 15 is 0 Å². The van der Waals surface area contributed by atoms with Crippen molar-refractivity contribution < 1.29 is 19.1 Å². The summed E-state index contributed by atoms with van der Waals surface area (Å²) in [6, 6.07) is 19.5. The first-order valence-electron chi connectivity index (χ1n) is 10.5. The van der Waals surface area contributed by atoms with Crippen molar-refractivity contribution in [3.05, 3.63) is 88.6 Å². The highest BCUT2D eigenvalue weighted by atomic mass is 35.5. The zero-order valence-electron chi connectivity index (χ0n) is 18.5. The Labute approximate surface area is 197 Å². The molecule has 0 saturated carbocycles. The molecule has 33 heavy (non-hydrogen) atoms. The quantitative estimate of drug-likeness (QED) is 0.473. The zero-order chi connectivity index (χ0) is 23.5. The van der Waals surface area contributed by atoms with Crippen LogP contribution in [-0.2, 0) is 9.59 Å². The molecule has 0 bridgehead atoms. The van der Waals surface area contributed by atoms with E-state index in [0.29, 0.717) is 28.6 Å². The fourth-order valence-corrected chi connectivity index (χ4v) is 3.80. The average molecular weight is 463 g/mol. The van der Waals surface area contributed by atoms with Crippen molar-refractivity contribution >= 4 is 40.4 Å². The number of amides is 2. The predicted octanol–water partition coefficient (Wildman–Crippen LogP) is 5.45. The van der Waals surface area contributed by atoms with Crippen LogP contribution in [0.3, 0.4) is 0 Å². The van der Waals surface area contributed by atoms with Crippen LogP contribution in [0, 0.1) is 6.92 Å². The Balaban J connectivity index is 1.80. The first-order chi connectivity index (χ1) is 15.9. The lowest BCUT2D eigenvalue weighted by atomic mass is 10.0. The third-order valence-electron chi connectivity index (χ3n) is 5.24. The molecule has 0 atom stereocenters. The molecule has 3 aromatic carbocycles. The number of hydrogen-bond acceptors (Lipinski definition) is 5. The van der Waals surface area contributed by atoms with Gasteiger partial charge in [0.2, 0.25) is 0 Å². The third kappa shape index (κ3) is 4.43. The molecule has 2 amide bonds. The maximum atomic E-state index is 13.6. The maximum Gasteiger partial charge on any atom is 0.282 e. The summed E-state index contributed by atoms with van der Waals surface area (Å²) in [5.41, 5.74) is 3.07. The summed E-state index contributed by atoms with van der Waals surface area (Å²) < 4.78 is 10.9. The molecule has 0 fully saturated rings. The van der Waals surface area contributed by atoms with Gasteiger partial charge in [-0.2, -0.15) is 0 Å². The van der Waals surface area contributed by atoms with E-state index in [1.807, 2.05) is 38.1 Å². The number of benzene rings is 3. The van der Waals surface area contributed by atoms with Crippen molar-refractivity contribution in [3.63, 3.8) is 0 Å². The highest BCUT2D eigenvalue weighted by molar-refractivity contribution is 6.46. The van der Waals surface area contributed by atoms with Gasteiger partial charge in [-0.1, -0.05) is 41.4 Å². The molecule has 0 unspecified atom stereocenters. The smallest absolute Gasteiger partial charge is 0.282 e. The fraction of sp³-hybridized carbons (Fsp3) is 0.154. The van der Waals surface area contributed by atoms with Crippen LogP contribution < -0.4 is 19.7 Å². The molecule has 0 aliphatic carbocycles. The monoisotopic (exact) mass is 462 g/mol. The lowest BCUT2D eigenvalue weighted by molar-refractivity contribution is -0.120. The minimum Gasteiger partial charge on any atom is -0.495 e. The molecule has 4 rings (SSSR count). The number of nitrogens with one attached hydrogen (secondary N) is 1. The summed E-state index contributed by atoms with van der Waals surface area (Å²) in [5, 5.41) is 3.53. The van der Waals surface area contributed by atoms with Crippen molar-refractivity contribution in [2.75, 3.05) is 23.9 Å². The Bertz CT molecular complexity index is 1230. The second kappa shape index (κ2) is 9.38. The molecule has 0 aromatic heterocycles. The van der Waals surface area contributed by atoms with Crippen LogP contribution >= 0.6 is 11.6 Å². The molecule has 1 aliphatic rings. The number of carbonyl (C=O) groups is 2. The average Bonchev–Trinajstić information content (AvgIpc) is 3.05. The van der Waals surface area contributed by atoms with Crippen LogP contribution in [0.2, 0.25) is 5.02 Å². The number of rotatable bonds is 7. The van der Waals surface area contributed by atoms with Crippen molar-refractivity contribution in [1.29, 1.82) is 0 Å². The topological polar surface area (TPSA) is 67.9 Å². The van der Waals surface area contributed by atoms with Crippen molar-refractivity contribution in [1.82, 2.24) is 0 Å². The van der Waals surface area contributed by atoms with Crippen molar-refractivity contribution in [3.8, 4) is 11.5 Å². The van der Waals surface area contributed by atoms with Gasteiger partial charge in [-0.15, -0.1) is 0 Å². The number of ether oxygens (including phenoxy) is 2. The van der Waals surface area contributed by atoms with Crippen LogP contribution in [0.25, 0.3) is 5.57 Å². The van der Waals surface area contributed by atoms with E-state index in [2.05, 4.69) is 5.32 Å². The van der Waals surface area contributed by atoms with E-state index < -0.39 is 11.8 Å². The summed E-state index contributed by atoms with van der Waals surface area (Å²) in [5.74, 6) is 0.129. The van der Waals surface area contributed by atoms with E-state index in [0.717, 1.165) is 16.2 Å². The second-order valence-corrected chi connectivity index (χ2v) is 7.90. The Morgan fingerprint density at radius 2 is 1.64 bits per heavy atom. The first-order valence-corrected chi connectivity index (χ1v) is 10.8. The minimum atomic E-state index is -0.495. The standard InChI is InChI=1S/C26H23ClN2O4/c1-4-33-20-12-10-19(11-13-20)28-24-23(17-7-5-16(2)6-8-17)25(30)29(26(24)31)21-15-18(27)9-14-22(21)32-3/h5-15,28H,4H2,1-3H3. The number of halogens is 1. The van der Waals surface area contributed by atoms with E-state index in [1.54, 1.807) is 42.5 Å². The maximum absolute atomic E-state index is 13.6. The highest BCUT2D eigenvalue weighted by Crippen LogP contribution is 2.39. The summed E-state index contributed by atoms with van der Waals surface area (Å²) in [7, 11) is 1.48. The molecule has 0 spiro atoms. The van der Waals surface area contributed by atoms with Gasteiger partial charge in [-0.05, 0) is 61.9 Å².